The lowest BCUT2D eigenvalue weighted by molar-refractivity contribution is -0.131. The van der Waals surface area contributed by atoms with E-state index in [0.29, 0.717) is 19.0 Å². The number of nitrogens with zero attached hydrogens (tertiary/aromatic N) is 1. The maximum Gasteiger partial charge on any atom is 0.236 e. The fourth-order valence-corrected chi connectivity index (χ4v) is 1.75. The van der Waals surface area contributed by atoms with Gasteiger partial charge in [-0.1, -0.05) is 0 Å². The summed E-state index contributed by atoms with van der Waals surface area (Å²) in [6, 6.07) is 0. The molecule has 0 saturated carbocycles. The van der Waals surface area contributed by atoms with Crippen LogP contribution >= 0.6 is 0 Å². The Hall–Kier alpha value is -0.610. The topological polar surface area (TPSA) is 58.4 Å². The Morgan fingerprint density at radius 2 is 2.46 bits per heavy atom. The molecule has 3 N–H and O–H groups in total. The second-order valence-corrected chi connectivity index (χ2v) is 3.61. The molecule has 1 atom stereocenters. The van der Waals surface area contributed by atoms with Gasteiger partial charge in [0.25, 0.3) is 0 Å². The predicted octanol–water partition coefficient (Wildman–Crippen LogP) is -0.597. The number of likely N-dealkylation sites (N-methyl/N-ethyl adjacent to an activating group) is 1. The molecule has 0 radical (unpaired) electrons. The maximum atomic E-state index is 11.5. The van der Waals surface area contributed by atoms with E-state index in [9.17, 15) is 4.79 Å². The van der Waals surface area contributed by atoms with Crippen LogP contribution in [0.2, 0.25) is 0 Å². The molecular formula is C9H19N3O. The van der Waals surface area contributed by atoms with E-state index in [1.165, 1.54) is 6.42 Å². The van der Waals surface area contributed by atoms with E-state index >= 15 is 0 Å². The Bertz CT molecular complexity index is 172. The third kappa shape index (κ3) is 2.97. The first-order valence-electron chi connectivity index (χ1n) is 4.90. The number of nitrogens with one attached hydrogen (secondary N) is 1. The summed E-state index contributed by atoms with van der Waals surface area (Å²) < 4.78 is 0. The molecule has 1 aliphatic heterocycles. The SMILES string of the molecule is CNCC(=O)N1CCCC(CN)C1. The molecule has 0 bridgehead atoms. The quantitative estimate of drug-likeness (QED) is 0.617. The van der Waals surface area contributed by atoms with Gasteiger partial charge in [0, 0.05) is 13.1 Å². The fraction of sp³-hybridized carbons (Fsp3) is 0.889. The van der Waals surface area contributed by atoms with Gasteiger partial charge in [-0.05, 0) is 32.4 Å². The summed E-state index contributed by atoms with van der Waals surface area (Å²) in [5, 5.41) is 2.88. The standard InChI is InChI=1S/C9H19N3O/c1-11-6-9(13)12-4-2-3-8(5-10)7-12/h8,11H,2-7,10H2,1H3. The van der Waals surface area contributed by atoms with E-state index in [4.69, 9.17) is 5.73 Å². The van der Waals surface area contributed by atoms with Crippen molar-refractivity contribution in [2.45, 2.75) is 12.8 Å². The van der Waals surface area contributed by atoms with Crippen LogP contribution in [-0.2, 0) is 4.79 Å². The number of likely N-dealkylation sites (tertiary alicyclic amines) is 1. The van der Waals surface area contributed by atoms with Crippen LogP contribution in [0.1, 0.15) is 12.8 Å². The summed E-state index contributed by atoms with van der Waals surface area (Å²) >= 11 is 0. The highest BCUT2D eigenvalue weighted by atomic mass is 16.2. The molecule has 1 amide bonds. The average Bonchev–Trinajstić information content (AvgIpc) is 2.18. The number of hydrogen-bond acceptors (Lipinski definition) is 3. The number of piperidine rings is 1. The first kappa shape index (κ1) is 10.5. The van der Waals surface area contributed by atoms with Crippen LogP contribution in [0, 0.1) is 5.92 Å². The highest BCUT2D eigenvalue weighted by Crippen LogP contribution is 2.14. The fourth-order valence-electron chi connectivity index (χ4n) is 1.75. The van der Waals surface area contributed by atoms with Gasteiger partial charge in [-0.15, -0.1) is 0 Å². The van der Waals surface area contributed by atoms with Gasteiger partial charge in [0.15, 0.2) is 0 Å². The number of rotatable bonds is 3. The molecule has 1 unspecified atom stereocenters. The van der Waals surface area contributed by atoms with Crippen molar-refractivity contribution in [3.05, 3.63) is 0 Å². The van der Waals surface area contributed by atoms with E-state index in [-0.39, 0.29) is 5.91 Å². The van der Waals surface area contributed by atoms with Crippen LogP contribution in [0.25, 0.3) is 0 Å². The molecule has 1 fully saturated rings. The van der Waals surface area contributed by atoms with Crippen molar-refractivity contribution >= 4 is 5.91 Å². The molecule has 1 heterocycles. The van der Waals surface area contributed by atoms with Crippen LogP contribution in [0.3, 0.4) is 0 Å². The third-order valence-corrected chi connectivity index (χ3v) is 2.53. The number of amides is 1. The van der Waals surface area contributed by atoms with Gasteiger partial charge in [0.2, 0.25) is 5.91 Å². The summed E-state index contributed by atoms with van der Waals surface area (Å²) in [7, 11) is 1.79. The minimum absolute atomic E-state index is 0.195. The van der Waals surface area contributed by atoms with Gasteiger partial charge in [-0.3, -0.25) is 4.79 Å². The van der Waals surface area contributed by atoms with E-state index in [1.54, 1.807) is 7.05 Å². The normalized spacial score (nSPS) is 23.2. The van der Waals surface area contributed by atoms with Crippen molar-refractivity contribution in [2.75, 3.05) is 33.2 Å². The van der Waals surface area contributed by atoms with Crippen LogP contribution in [0.5, 0.6) is 0 Å². The summed E-state index contributed by atoms with van der Waals surface area (Å²) in [5.41, 5.74) is 5.59. The molecule has 13 heavy (non-hydrogen) atoms. The zero-order valence-electron chi connectivity index (χ0n) is 8.25. The summed E-state index contributed by atoms with van der Waals surface area (Å²) in [4.78, 5) is 13.4. The number of nitrogens with two attached hydrogens (primary N) is 1. The Morgan fingerprint density at radius 1 is 1.69 bits per heavy atom. The largest absolute Gasteiger partial charge is 0.341 e. The molecule has 0 spiro atoms. The van der Waals surface area contributed by atoms with Crippen LogP contribution in [0.15, 0.2) is 0 Å². The minimum atomic E-state index is 0.195. The summed E-state index contributed by atoms with van der Waals surface area (Å²) in [5.74, 6) is 0.704. The molecule has 1 saturated heterocycles. The second kappa shape index (κ2) is 5.19. The zero-order chi connectivity index (χ0) is 9.68. The van der Waals surface area contributed by atoms with Crippen LogP contribution in [-0.4, -0.2) is 44.0 Å². The van der Waals surface area contributed by atoms with Crippen molar-refractivity contribution < 1.29 is 4.79 Å². The first-order chi connectivity index (χ1) is 6.27. The van der Waals surface area contributed by atoms with Gasteiger partial charge in [0.05, 0.1) is 6.54 Å². The molecule has 1 aliphatic rings. The van der Waals surface area contributed by atoms with E-state index in [1.807, 2.05) is 4.90 Å². The number of carbonyl (C=O) groups excluding carboxylic acids is 1. The van der Waals surface area contributed by atoms with Gasteiger partial charge in [0.1, 0.15) is 0 Å². The van der Waals surface area contributed by atoms with E-state index in [0.717, 1.165) is 19.5 Å². The van der Waals surface area contributed by atoms with E-state index < -0.39 is 0 Å². The van der Waals surface area contributed by atoms with Crippen molar-refractivity contribution in [3.63, 3.8) is 0 Å². The van der Waals surface area contributed by atoms with Gasteiger partial charge in [-0.2, -0.15) is 0 Å². The Morgan fingerprint density at radius 3 is 3.08 bits per heavy atom. The monoisotopic (exact) mass is 185 g/mol. The van der Waals surface area contributed by atoms with Gasteiger partial charge >= 0.3 is 0 Å². The van der Waals surface area contributed by atoms with Gasteiger partial charge in [-0.25, -0.2) is 0 Å². The van der Waals surface area contributed by atoms with Crippen molar-refractivity contribution in [3.8, 4) is 0 Å². The molecule has 4 nitrogen and oxygen atoms in total. The second-order valence-electron chi connectivity index (χ2n) is 3.61. The molecule has 4 heteroatoms. The van der Waals surface area contributed by atoms with E-state index in [2.05, 4.69) is 5.32 Å². The average molecular weight is 185 g/mol. The maximum absolute atomic E-state index is 11.5. The molecular weight excluding hydrogens is 166 g/mol. The summed E-state index contributed by atoms with van der Waals surface area (Å²) in [6.07, 6.45) is 2.26. The first-order valence-corrected chi connectivity index (χ1v) is 4.90. The van der Waals surface area contributed by atoms with Crippen molar-refractivity contribution in [1.82, 2.24) is 10.2 Å². The van der Waals surface area contributed by atoms with Crippen molar-refractivity contribution in [1.29, 1.82) is 0 Å². The van der Waals surface area contributed by atoms with Crippen molar-refractivity contribution in [2.24, 2.45) is 11.7 Å². The lowest BCUT2D eigenvalue weighted by Crippen LogP contribution is -2.45. The number of carbonyl (C=O) groups is 1. The Balaban J connectivity index is 2.37. The third-order valence-electron chi connectivity index (χ3n) is 2.53. The number of hydrogen-bond donors (Lipinski definition) is 2. The summed E-state index contributed by atoms with van der Waals surface area (Å²) in [6.45, 7) is 2.88. The lowest BCUT2D eigenvalue weighted by Gasteiger charge is -2.32. The zero-order valence-corrected chi connectivity index (χ0v) is 8.25. The molecule has 0 aromatic carbocycles. The highest BCUT2D eigenvalue weighted by Gasteiger charge is 2.21. The van der Waals surface area contributed by atoms with Crippen LogP contribution < -0.4 is 11.1 Å². The smallest absolute Gasteiger partial charge is 0.236 e. The molecule has 76 valence electrons. The molecule has 1 rings (SSSR count). The molecule has 0 aliphatic carbocycles. The Kier molecular flexibility index (Phi) is 4.18. The predicted molar refractivity (Wildman–Crippen MR) is 52.3 cm³/mol. The van der Waals surface area contributed by atoms with Gasteiger partial charge < -0.3 is 16.0 Å². The van der Waals surface area contributed by atoms with Crippen LogP contribution in [0.4, 0.5) is 0 Å². The highest BCUT2D eigenvalue weighted by molar-refractivity contribution is 5.78. The Labute approximate surface area is 79.5 Å². The minimum Gasteiger partial charge on any atom is -0.341 e. The molecule has 0 aromatic rings. The lowest BCUT2D eigenvalue weighted by atomic mass is 9.98. The molecule has 0 aromatic heterocycles.